The number of unbranched alkanes of at least 4 members (excludes halogenated alkanes) is 6. The van der Waals surface area contributed by atoms with Crippen LogP contribution in [0.5, 0.6) is 0 Å². The van der Waals surface area contributed by atoms with Crippen molar-refractivity contribution in [1.29, 1.82) is 0 Å². The van der Waals surface area contributed by atoms with Crippen molar-refractivity contribution in [3.63, 3.8) is 0 Å². The van der Waals surface area contributed by atoms with E-state index in [0.29, 0.717) is 6.42 Å². The molecule has 1 aromatic rings. The fraction of sp³-hybridized carbons (Fsp3) is 0.667. The van der Waals surface area contributed by atoms with E-state index in [9.17, 15) is 16.8 Å². The highest BCUT2D eigenvalue weighted by atomic mass is 32.2. The van der Waals surface area contributed by atoms with Gasteiger partial charge in [0.05, 0.1) is 9.64 Å². The molecule has 0 heterocycles. The first-order valence-corrected chi connectivity index (χ1v) is 12.0. The van der Waals surface area contributed by atoms with Crippen LogP contribution >= 0.6 is 0 Å². The number of hydrogen-bond acceptors (Lipinski definition) is 4. The molecule has 6 nitrogen and oxygen atoms in total. The summed E-state index contributed by atoms with van der Waals surface area (Å²) >= 11 is 0. The van der Waals surface area contributed by atoms with Crippen LogP contribution in [0.1, 0.15) is 72.1 Å². The Balaban J connectivity index is 2.59. The van der Waals surface area contributed by atoms with Gasteiger partial charge in [0, 0.05) is 5.69 Å². The van der Waals surface area contributed by atoms with Gasteiger partial charge in [0.1, 0.15) is 0 Å². The minimum Gasteiger partial charge on any atom is -0.283 e. The van der Waals surface area contributed by atoms with E-state index in [-0.39, 0.29) is 10.6 Å². The van der Waals surface area contributed by atoms with Crippen molar-refractivity contribution < 1.29 is 21.4 Å². The SMILES string of the molecule is CCCCCCCCCC(C)(C)S(=O)(=O)Nc1ccc(S(=O)(=O)O)cc1. The fourth-order valence-electron chi connectivity index (χ4n) is 2.63. The number of benzene rings is 1. The predicted octanol–water partition coefficient (Wildman–Crippen LogP) is 4.59. The summed E-state index contributed by atoms with van der Waals surface area (Å²) in [6.07, 6.45) is 8.44. The predicted molar refractivity (Wildman–Crippen MR) is 105 cm³/mol. The quantitative estimate of drug-likeness (QED) is 0.391. The van der Waals surface area contributed by atoms with Crippen LogP contribution in [0.4, 0.5) is 5.69 Å². The molecule has 0 aromatic heterocycles. The maximum Gasteiger partial charge on any atom is 0.294 e. The Hall–Kier alpha value is -1.12. The Kier molecular flexibility index (Phi) is 8.56. The zero-order valence-corrected chi connectivity index (χ0v) is 17.5. The molecule has 0 aliphatic rings. The van der Waals surface area contributed by atoms with E-state index < -0.39 is 24.9 Å². The van der Waals surface area contributed by atoms with E-state index in [1.165, 1.54) is 37.8 Å². The van der Waals surface area contributed by atoms with Gasteiger partial charge in [-0.3, -0.25) is 9.27 Å². The second-order valence-corrected chi connectivity index (χ2v) is 11.0. The van der Waals surface area contributed by atoms with Gasteiger partial charge in [0.25, 0.3) is 10.1 Å². The van der Waals surface area contributed by atoms with Crippen molar-refractivity contribution in [2.75, 3.05) is 4.72 Å². The molecule has 2 N–H and O–H groups in total. The number of sulfonamides is 1. The molecule has 8 heteroatoms. The van der Waals surface area contributed by atoms with Crippen LogP contribution < -0.4 is 4.72 Å². The van der Waals surface area contributed by atoms with Crippen LogP contribution in [0.15, 0.2) is 29.2 Å². The van der Waals surface area contributed by atoms with Gasteiger partial charge < -0.3 is 0 Å². The van der Waals surface area contributed by atoms with Crippen LogP contribution in [0.3, 0.4) is 0 Å². The number of hydrogen-bond donors (Lipinski definition) is 2. The number of anilines is 1. The molecule has 0 radical (unpaired) electrons. The summed E-state index contributed by atoms with van der Waals surface area (Å²) < 4.78 is 57.9. The third-order valence-electron chi connectivity index (χ3n) is 4.51. The molecule has 0 aliphatic carbocycles. The molecule has 1 rings (SSSR count). The average molecular weight is 406 g/mol. The van der Waals surface area contributed by atoms with Gasteiger partial charge in [0.15, 0.2) is 0 Å². The Bertz CT molecular complexity index is 753. The first-order chi connectivity index (χ1) is 12.0. The molecule has 26 heavy (non-hydrogen) atoms. The minimum atomic E-state index is -4.29. The van der Waals surface area contributed by atoms with E-state index in [0.717, 1.165) is 31.4 Å². The molecule has 0 fully saturated rings. The molecule has 1 aromatic carbocycles. The van der Waals surface area contributed by atoms with Gasteiger partial charge in [-0.25, -0.2) is 8.42 Å². The summed E-state index contributed by atoms with van der Waals surface area (Å²) in [5.74, 6) is 0. The Morgan fingerprint density at radius 3 is 1.88 bits per heavy atom. The highest BCUT2D eigenvalue weighted by Crippen LogP contribution is 2.27. The highest BCUT2D eigenvalue weighted by molar-refractivity contribution is 7.94. The Morgan fingerprint density at radius 1 is 0.885 bits per heavy atom. The van der Waals surface area contributed by atoms with Crippen LogP contribution in [0.2, 0.25) is 0 Å². The topological polar surface area (TPSA) is 101 Å². The van der Waals surface area contributed by atoms with Gasteiger partial charge in [-0.1, -0.05) is 51.9 Å². The van der Waals surface area contributed by atoms with Crippen LogP contribution in [0.25, 0.3) is 0 Å². The first-order valence-electron chi connectivity index (χ1n) is 9.09. The van der Waals surface area contributed by atoms with Crippen molar-refractivity contribution >= 4 is 25.8 Å². The second kappa shape index (κ2) is 9.71. The zero-order valence-electron chi connectivity index (χ0n) is 15.9. The maximum absolute atomic E-state index is 12.6. The lowest BCUT2D eigenvalue weighted by Gasteiger charge is -2.25. The Morgan fingerprint density at radius 2 is 1.38 bits per heavy atom. The Labute approximate surface area is 158 Å². The molecule has 0 unspecified atom stereocenters. The molecular weight excluding hydrogens is 374 g/mol. The lowest BCUT2D eigenvalue weighted by atomic mass is 10.0. The molecule has 0 amide bonds. The third-order valence-corrected chi connectivity index (χ3v) is 7.55. The van der Waals surface area contributed by atoms with Crippen molar-refractivity contribution in [3.8, 4) is 0 Å². The third kappa shape index (κ3) is 7.25. The molecule has 0 aliphatic heterocycles. The summed E-state index contributed by atoms with van der Waals surface area (Å²) in [4.78, 5) is -0.275. The summed E-state index contributed by atoms with van der Waals surface area (Å²) in [6.45, 7) is 5.56. The van der Waals surface area contributed by atoms with E-state index in [1.54, 1.807) is 13.8 Å². The van der Waals surface area contributed by atoms with Crippen molar-refractivity contribution in [2.24, 2.45) is 0 Å². The van der Waals surface area contributed by atoms with Gasteiger partial charge in [-0.05, 0) is 44.5 Å². The standard InChI is InChI=1S/C18H31NO5S2/c1-4-5-6-7-8-9-10-15-18(2,3)26(23,24)19-16-11-13-17(14-12-16)25(20,21)22/h11-14,19H,4-10,15H2,1-3H3,(H,20,21,22). The average Bonchev–Trinajstić information content (AvgIpc) is 2.53. The summed E-state index contributed by atoms with van der Waals surface area (Å²) in [6, 6.07) is 4.97. The lowest BCUT2D eigenvalue weighted by molar-refractivity contribution is 0.483. The van der Waals surface area contributed by atoms with Gasteiger partial charge in [-0.15, -0.1) is 0 Å². The molecule has 0 bridgehead atoms. The van der Waals surface area contributed by atoms with Crippen molar-refractivity contribution in [3.05, 3.63) is 24.3 Å². The number of nitrogens with one attached hydrogen (secondary N) is 1. The summed E-state index contributed by atoms with van der Waals surface area (Å²) in [7, 11) is -7.92. The zero-order chi connectivity index (χ0) is 19.8. The van der Waals surface area contributed by atoms with E-state index in [4.69, 9.17) is 4.55 Å². The fourth-order valence-corrected chi connectivity index (χ4v) is 4.25. The normalized spacial score (nSPS) is 12.9. The molecule has 0 saturated heterocycles. The van der Waals surface area contributed by atoms with E-state index >= 15 is 0 Å². The minimum absolute atomic E-state index is 0.269. The summed E-state index contributed by atoms with van der Waals surface area (Å²) in [5.41, 5.74) is 0.269. The first kappa shape index (κ1) is 22.9. The second-order valence-electron chi connectivity index (χ2n) is 7.24. The van der Waals surface area contributed by atoms with Crippen LogP contribution in [-0.4, -0.2) is 26.1 Å². The smallest absolute Gasteiger partial charge is 0.283 e. The lowest BCUT2D eigenvalue weighted by Crippen LogP contribution is -2.36. The largest absolute Gasteiger partial charge is 0.294 e. The molecular formula is C18H31NO5S2. The molecule has 0 spiro atoms. The van der Waals surface area contributed by atoms with Gasteiger partial charge >= 0.3 is 0 Å². The highest BCUT2D eigenvalue weighted by Gasteiger charge is 2.33. The monoisotopic (exact) mass is 405 g/mol. The molecule has 0 saturated carbocycles. The van der Waals surface area contributed by atoms with E-state index in [1.807, 2.05) is 0 Å². The summed E-state index contributed by atoms with van der Waals surface area (Å²) in [5, 5.41) is 0. The van der Waals surface area contributed by atoms with E-state index in [2.05, 4.69) is 11.6 Å². The van der Waals surface area contributed by atoms with Gasteiger partial charge in [-0.2, -0.15) is 8.42 Å². The van der Waals surface area contributed by atoms with Crippen LogP contribution in [-0.2, 0) is 20.1 Å². The van der Waals surface area contributed by atoms with Crippen LogP contribution in [0, 0.1) is 0 Å². The van der Waals surface area contributed by atoms with Gasteiger partial charge in [0.2, 0.25) is 10.0 Å². The van der Waals surface area contributed by atoms with Crippen molar-refractivity contribution in [1.82, 2.24) is 0 Å². The maximum atomic E-state index is 12.6. The molecule has 0 atom stereocenters. The number of rotatable bonds is 12. The van der Waals surface area contributed by atoms with Crippen molar-refractivity contribution in [2.45, 2.75) is 81.8 Å². The molecule has 150 valence electrons.